The lowest BCUT2D eigenvalue weighted by molar-refractivity contribution is -0.118. The Balaban J connectivity index is 2.57. The van der Waals surface area contributed by atoms with Crippen molar-refractivity contribution in [2.45, 2.75) is 19.3 Å². The summed E-state index contributed by atoms with van der Waals surface area (Å²) in [6.07, 6.45) is 1.21. The first kappa shape index (κ1) is 8.70. The Morgan fingerprint density at radius 1 is 1.23 bits per heavy atom. The predicted molar refractivity (Wildman–Crippen MR) is 48.4 cm³/mol. The summed E-state index contributed by atoms with van der Waals surface area (Å²) in [5.41, 5.74) is 1.30. The molecular weight excluding hydrogens is 191 g/mol. The molecule has 1 aromatic rings. The summed E-state index contributed by atoms with van der Waals surface area (Å²) < 4.78 is 13.2. The number of rotatable bonds is 0. The second-order valence-electron chi connectivity index (χ2n) is 3.20. The summed E-state index contributed by atoms with van der Waals surface area (Å²) in [4.78, 5) is 11.1. The molecule has 0 saturated carbocycles. The predicted octanol–water partition coefficient (Wildman–Crippen LogP) is 2.54. The quantitative estimate of drug-likeness (QED) is 0.626. The number of halogens is 2. The molecule has 0 saturated heterocycles. The van der Waals surface area contributed by atoms with Gasteiger partial charge in [-0.3, -0.25) is 4.79 Å². The highest BCUT2D eigenvalue weighted by molar-refractivity contribution is 6.31. The number of benzene rings is 1. The molecule has 0 bridgehead atoms. The zero-order chi connectivity index (χ0) is 9.42. The monoisotopic (exact) mass is 198 g/mol. The van der Waals surface area contributed by atoms with E-state index in [9.17, 15) is 9.18 Å². The summed E-state index contributed by atoms with van der Waals surface area (Å²) in [7, 11) is 0. The van der Waals surface area contributed by atoms with Crippen molar-refractivity contribution in [1.29, 1.82) is 0 Å². The van der Waals surface area contributed by atoms with Crippen LogP contribution in [0, 0.1) is 5.82 Å². The third-order valence-electron chi connectivity index (χ3n) is 2.34. The zero-order valence-corrected chi connectivity index (χ0v) is 7.70. The summed E-state index contributed by atoms with van der Waals surface area (Å²) >= 11 is 5.86. The van der Waals surface area contributed by atoms with Crippen molar-refractivity contribution < 1.29 is 9.18 Å². The van der Waals surface area contributed by atoms with Crippen molar-refractivity contribution in [2.24, 2.45) is 0 Å². The lowest BCUT2D eigenvalue weighted by Gasteiger charge is -2.16. The van der Waals surface area contributed by atoms with E-state index in [0.29, 0.717) is 29.0 Å². The van der Waals surface area contributed by atoms with Crippen LogP contribution in [0.1, 0.15) is 17.5 Å². The topological polar surface area (TPSA) is 17.1 Å². The maximum atomic E-state index is 13.2. The van der Waals surface area contributed by atoms with Crippen LogP contribution in [0.5, 0.6) is 0 Å². The Kier molecular flexibility index (Phi) is 2.08. The van der Waals surface area contributed by atoms with Gasteiger partial charge in [-0.2, -0.15) is 0 Å². The number of hydrogen-bond donors (Lipinski definition) is 0. The van der Waals surface area contributed by atoms with Gasteiger partial charge < -0.3 is 0 Å². The summed E-state index contributed by atoms with van der Waals surface area (Å²) in [5, 5.41) is 0.504. The van der Waals surface area contributed by atoms with Gasteiger partial charge in [-0.05, 0) is 29.7 Å². The summed E-state index contributed by atoms with van der Waals surface area (Å²) in [6, 6.07) is 2.87. The first-order valence-electron chi connectivity index (χ1n) is 4.16. The molecule has 0 spiro atoms. The molecule has 68 valence electrons. The van der Waals surface area contributed by atoms with E-state index in [1.807, 2.05) is 0 Å². The molecule has 0 heterocycles. The molecule has 1 aliphatic carbocycles. The van der Waals surface area contributed by atoms with E-state index in [2.05, 4.69) is 0 Å². The van der Waals surface area contributed by atoms with Crippen molar-refractivity contribution in [3.8, 4) is 0 Å². The minimum absolute atomic E-state index is 0.139. The van der Waals surface area contributed by atoms with Crippen molar-refractivity contribution in [1.82, 2.24) is 0 Å². The van der Waals surface area contributed by atoms with Gasteiger partial charge in [0, 0.05) is 17.9 Å². The highest BCUT2D eigenvalue weighted by atomic mass is 35.5. The van der Waals surface area contributed by atoms with Gasteiger partial charge in [0.1, 0.15) is 11.6 Å². The average Bonchev–Trinajstić information content (AvgIpc) is 2.12. The molecule has 13 heavy (non-hydrogen) atoms. The van der Waals surface area contributed by atoms with Gasteiger partial charge >= 0.3 is 0 Å². The van der Waals surface area contributed by atoms with Crippen LogP contribution in [-0.4, -0.2) is 5.78 Å². The zero-order valence-electron chi connectivity index (χ0n) is 6.94. The Labute approximate surface area is 80.5 Å². The van der Waals surface area contributed by atoms with Gasteiger partial charge in [-0.25, -0.2) is 4.39 Å². The molecule has 2 rings (SSSR count). The number of fused-ring (bicyclic) bond motifs is 1. The molecule has 0 fully saturated rings. The van der Waals surface area contributed by atoms with E-state index in [-0.39, 0.29) is 18.0 Å². The molecule has 1 aliphatic rings. The molecule has 0 N–H and O–H groups in total. The summed E-state index contributed by atoms with van der Waals surface area (Å²) in [6.45, 7) is 0. The maximum absolute atomic E-state index is 13.2. The number of ketones is 1. The van der Waals surface area contributed by atoms with Gasteiger partial charge in [0.2, 0.25) is 0 Å². The minimum Gasteiger partial charge on any atom is -0.299 e. The average molecular weight is 199 g/mol. The first-order valence-corrected chi connectivity index (χ1v) is 4.53. The highest BCUT2D eigenvalue weighted by Crippen LogP contribution is 2.28. The van der Waals surface area contributed by atoms with E-state index in [0.717, 1.165) is 0 Å². The number of carbonyl (C=O) groups is 1. The van der Waals surface area contributed by atoms with Crippen molar-refractivity contribution in [3.63, 3.8) is 0 Å². The van der Waals surface area contributed by atoms with Crippen LogP contribution in [0.4, 0.5) is 4.39 Å². The highest BCUT2D eigenvalue weighted by Gasteiger charge is 2.20. The number of Topliss-reactive ketones (excluding diaryl/α,β-unsaturated/α-hetero) is 1. The van der Waals surface area contributed by atoms with Crippen LogP contribution in [0.2, 0.25) is 5.02 Å². The second kappa shape index (κ2) is 3.11. The van der Waals surface area contributed by atoms with E-state index < -0.39 is 0 Å². The van der Waals surface area contributed by atoms with Crippen LogP contribution in [0.3, 0.4) is 0 Å². The van der Waals surface area contributed by atoms with Gasteiger partial charge in [-0.1, -0.05) is 11.6 Å². The molecule has 0 radical (unpaired) electrons. The lowest BCUT2D eigenvalue weighted by Crippen LogP contribution is -2.15. The van der Waals surface area contributed by atoms with Crippen LogP contribution in [0.15, 0.2) is 12.1 Å². The molecule has 0 aliphatic heterocycles. The standard InChI is InChI=1S/C10H8ClFO/c11-9-3-4-10(12)7-2-1-6(13)5-8(7)9/h3-4H,1-2,5H2. The van der Waals surface area contributed by atoms with Crippen LogP contribution in [0.25, 0.3) is 0 Å². The van der Waals surface area contributed by atoms with E-state index >= 15 is 0 Å². The largest absolute Gasteiger partial charge is 0.299 e. The fourth-order valence-electron chi connectivity index (χ4n) is 1.65. The van der Waals surface area contributed by atoms with Crippen LogP contribution < -0.4 is 0 Å². The second-order valence-corrected chi connectivity index (χ2v) is 3.61. The van der Waals surface area contributed by atoms with Crippen molar-refractivity contribution >= 4 is 17.4 Å². The molecule has 1 nitrogen and oxygen atoms in total. The molecule has 0 atom stereocenters. The molecule has 3 heteroatoms. The number of carbonyl (C=O) groups excluding carboxylic acids is 1. The Morgan fingerprint density at radius 3 is 2.77 bits per heavy atom. The van der Waals surface area contributed by atoms with Gasteiger partial charge in [0.25, 0.3) is 0 Å². The fraction of sp³-hybridized carbons (Fsp3) is 0.300. The van der Waals surface area contributed by atoms with E-state index in [4.69, 9.17) is 11.6 Å². The van der Waals surface area contributed by atoms with E-state index in [1.165, 1.54) is 12.1 Å². The molecular formula is C10H8ClFO. The molecule has 0 amide bonds. The van der Waals surface area contributed by atoms with Crippen LogP contribution in [-0.2, 0) is 17.6 Å². The van der Waals surface area contributed by atoms with Crippen molar-refractivity contribution in [3.05, 3.63) is 34.1 Å². The fourth-order valence-corrected chi connectivity index (χ4v) is 1.89. The third kappa shape index (κ3) is 1.46. The summed E-state index contributed by atoms with van der Waals surface area (Å²) in [5.74, 6) is -0.105. The maximum Gasteiger partial charge on any atom is 0.137 e. The minimum atomic E-state index is -0.244. The van der Waals surface area contributed by atoms with Crippen molar-refractivity contribution in [2.75, 3.05) is 0 Å². The van der Waals surface area contributed by atoms with Gasteiger partial charge in [0.05, 0.1) is 0 Å². The van der Waals surface area contributed by atoms with Gasteiger partial charge in [-0.15, -0.1) is 0 Å². The lowest BCUT2D eigenvalue weighted by atomic mass is 9.90. The first-order chi connectivity index (χ1) is 6.18. The number of hydrogen-bond acceptors (Lipinski definition) is 1. The SMILES string of the molecule is O=C1CCc2c(F)ccc(Cl)c2C1. The molecule has 1 aromatic carbocycles. The third-order valence-corrected chi connectivity index (χ3v) is 2.70. The normalized spacial score (nSPS) is 15.7. The molecule has 0 aromatic heterocycles. The molecule has 0 unspecified atom stereocenters. The smallest absolute Gasteiger partial charge is 0.137 e. The Bertz CT molecular complexity index is 373. The Hall–Kier alpha value is -0.890. The van der Waals surface area contributed by atoms with Crippen LogP contribution >= 0.6 is 11.6 Å². The Morgan fingerprint density at radius 2 is 2.00 bits per heavy atom. The van der Waals surface area contributed by atoms with Gasteiger partial charge in [0.15, 0.2) is 0 Å². The van der Waals surface area contributed by atoms with E-state index in [1.54, 1.807) is 0 Å².